The Morgan fingerprint density at radius 2 is 2.06 bits per heavy atom. The quantitative estimate of drug-likeness (QED) is 0.798. The van der Waals surface area contributed by atoms with E-state index >= 15 is 0 Å². The van der Waals surface area contributed by atoms with Crippen molar-refractivity contribution in [3.05, 3.63) is 29.8 Å². The van der Waals surface area contributed by atoms with Crippen LogP contribution >= 0.6 is 0 Å². The van der Waals surface area contributed by atoms with Crippen molar-refractivity contribution in [2.24, 2.45) is 11.1 Å². The normalized spacial score (nSPS) is 11.6. The summed E-state index contributed by atoms with van der Waals surface area (Å²) in [6, 6.07) is 7.26. The van der Waals surface area contributed by atoms with E-state index in [1.165, 1.54) is 0 Å². The van der Waals surface area contributed by atoms with E-state index in [4.69, 9.17) is 10.5 Å². The predicted molar refractivity (Wildman–Crippen MR) is 69.4 cm³/mol. The lowest BCUT2D eigenvalue weighted by Gasteiger charge is -2.21. The number of hydrogen-bond donors (Lipinski definition) is 1. The first-order valence-electron chi connectivity index (χ1n) is 5.88. The summed E-state index contributed by atoms with van der Waals surface area (Å²) in [4.78, 5) is 12.2. The monoisotopic (exact) mass is 235 g/mol. The molecule has 0 aromatic heterocycles. The van der Waals surface area contributed by atoms with Crippen molar-refractivity contribution in [3.63, 3.8) is 0 Å². The molecule has 1 aromatic carbocycles. The van der Waals surface area contributed by atoms with Crippen LogP contribution in [0.4, 0.5) is 0 Å². The Morgan fingerprint density at radius 1 is 1.41 bits per heavy atom. The highest BCUT2D eigenvalue weighted by atomic mass is 16.5. The van der Waals surface area contributed by atoms with Crippen molar-refractivity contribution in [2.75, 3.05) is 6.54 Å². The van der Waals surface area contributed by atoms with Crippen molar-refractivity contribution in [1.29, 1.82) is 0 Å². The molecule has 0 aliphatic heterocycles. The van der Waals surface area contributed by atoms with Gasteiger partial charge in [-0.2, -0.15) is 0 Å². The molecule has 0 radical (unpaired) electrons. The van der Waals surface area contributed by atoms with Gasteiger partial charge in [0, 0.05) is 17.5 Å². The van der Waals surface area contributed by atoms with Crippen molar-refractivity contribution in [2.45, 2.75) is 33.8 Å². The van der Waals surface area contributed by atoms with Gasteiger partial charge in [0.25, 0.3) is 0 Å². The van der Waals surface area contributed by atoms with E-state index in [2.05, 4.69) is 0 Å². The van der Waals surface area contributed by atoms with Crippen LogP contribution in [0.15, 0.2) is 24.3 Å². The molecule has 0 fully saturated rings. The summed E-state index contributed by atoms with van der Waals surface area (Å²) in [5.41, 5.74) is 5.73. The van der Waals surface area contributed by atoms with Gasteiger partial charge in [0.1, 0.15) is 5.75 Å². The van der Waals surface area contributed by atoms with Crippen LogP contribution in [0.2, 0.25) is 0 Å². The fourth-order valence-electron chi connectivity index (χ4n) is 1.47. The van der Waals surface area contributed by atoms with Gasteiger partial charge in [-0.3, -0.25) is 4.79 Å². The highest BCUT2D eigenvalue weighted by molar-refractivity contribution is 6.00. The summed E-state index contributed by atoms with van der Waals surface area (Å²) in [6.45, 7) is 7.95. The summed E-state index contributed by atoms with van der Waals surface area (Å²) in [5, 5.41) is 0. The number of carbonyl (C=O) groups is 1. The van der Waals surface area contributed by atoms with Gasteiger partial charge in [-0.25, -0.2) is 0 Å². The van der Waals surface area contributed by atoms with E-state index in [1.54, 1.807) is 12.1 Å². The molecule has 0 atom stereocenters. The molecule has 94 valence electrons. The van der Waals surface area contributed by atoms with Crippen LogP contribution in [0.3, 0.4) is 0 Å². The van der Waals surface area contributed by atoms with Gasteiger partial charge in [0.2, 0.25) is 0 Å². The van der Waals surface area contributed by atoms with E-state index < -0.39 is 5.41 Å². The van der Waals surface area contributed by atoms with Crippen molar-refractivity contribution >= 4 is 5.78 Å². The zero-order chi connectivity index (χ0) is 13.1. The Labute approximate surface area is 103 Å². The fourth-order valence-corrected chi connectivity index (χ4v) is 1.47. The lowest BCUT2D eigenvalue weighted by Crippen LogP contribution is -2.32. The van der Waals surface area contributed by atoms with E-state index in [0.717, 1.165) is 5.75 Å². The maximum absolute atomic E-state index is 12.2. The molecule has 0 aliphatic rings. The maximum atomic E-state index is 12.2. The molecule has 0 bridgehead atoms. The second-order valence-electron chi connectivity index (χ2n) is 5.11. The minimum atomic E-state index is -0.531. The Kier molecular flexibility index (Phi) is 4.29. The Balaban J connectivity index is 2.96. The average molecular weight is 235 g/mol. The predicted octanol–water partition coefficient (Wildman–Crippen LogP) is 2.64. The highest BCUT2D eigenvalue weighted by Crippen LogP contribution is 2.23. The molecule has 0 spiro atoms. The third-order valence-electron chi connectivity index (χ3n) is 2.59. The number of Topliss-reactive ketones (excluding diaryl/α,β-unsaturated/α-hetero) is 1. The molecule has 17 heavy (non-hydrogen) atoms. The number of nitrogens with two attached hydrogens (primary N) is 1. The Bertz CT molecular complexity index is 397. The molecule has 2 N–H and O–H groups in total. The van der Waals surface area contributed by atoms with Crippen LogP contribution in [-0.4, -0.2) is 18.4 Å². The topological polar surface area (TPSA) is 52.3 Å². The number of ether oxygens (including phenoxy) is 1. The minimum Gasteiger partial charge on any atom is -0.491 e. The first-order valence-corrected chi connectivity index (χ1v) is 5.88. The van der Waals surface area contributed by atoms with Gasteiger partial charge < -0.3 is 10.5 Å². The number of hydrogen-bond acceptors (Lipinski definition) is 3. The molecule has 0 saturated heterocycles. The first kappa shape index (κ1) is 13.7. The Hall–Kier alpha value is -1.35. The third kappa shape index (κ3) is 3.56. The lowest BCUT2D eigenvalue weighted by molar-refractivity contribution is 0.0847. The molecular weight excluding hydrogens is 214 g/mol. The molecule has 3 heteroatoms. The molecule has 0 heterocycles. The second kappa shape index (κ2) is 5.32. The largest absolute Gasteiger partial charge is 0.491 e. The second-order valence-corrected chi connectivity index (χ2v) is 5.11. The van der Waals surface area contributed by atoms with E-state index in [9.17, 15) is 4.79 Å². The number of benzene rings is 1. The van der Waals surface area contributed by atoms with Crippen LogP contribution in [0.25, 0.3) is 0 Å². The molecule has 3 nitrogen and oxygen atoms in total. The molecule has 0 amide bonds. The highest BCUT2D eigenvalue weighted by Gasteiger charge is 2.27. The molecule has 1 rings (SSSR count). The van der Waals surface area contributed by atoms with Crippen LogP contribution in [0.1, 0.15) is 38.1 Å². The molecular formula is C14H21NO2. The van der Waals surface area contributed by atoms with Gasteiger partial charge in [0.05, 0.1) is 6.10 Å². The summed E-state index contributed by atoms with van der Waals surface area (Å²) in [6.07, 6.45) is 0.0999. The fraction of sp³-hybridized carbons (Fsp3) is 0.500. The van der Waals surface area contributed by atoms with Gasteiger partial charge in [-0.15, -0.1) is 0 Å². The van der Waals surface area contributed by atoms with Crippen molar-refractivity contribution < 1.29 is 9.53 Å². The zero-order valence-electron chi connectivity index (χ0n) is 11.0. The van der Waals surface area contributed by atoms with Crippen molar-refractivity contribution in [1.82, 2.24) is 0 Å². The summed E-state index contributed by atoms with van der Waals surface area (Å²) in [5.74, 6) is 0.771. The third-order valence-corrected chi connectivity index (χ3v) is 2.59. The molecule has 0 aliphatic carbocycles. The number of ketones is 1. The van der Waals surface area contributed by atoms with E-state index in [1.807, 2.05) is 39.8 Å². The Morgan fingerprint density at radius 3 is 2.59 bits per heavy atom. The zero-order valence-corrected chi connectivity index (χ0v) is 11.0. The maximum Gasteiger partial charge on any atom is 0.169 e. The van der Waals surface area contributed by atoms with Crippen molar-refractivity contribution in [3.8, 4) is 5.75 Å². The van der Waals surface area contributed by atoms with Crippen LogP contribution in [0.5, 0.6) is 5.75 Å². The van der Waals surface area contributed by atoms with E-state index in [0.29, 0.717) is 12.1 Å². The van der Waals surface area contributed by atoms with Gasteiger partial charge >= 0.3 is 0 Å². The summed E-state index contributed by atoms with van der Waals surface area (Å²) >= 11 is 0. The lowest BCUT2D eigenvalue weighted by atomic mass is 9.84. The molecule has 0 unspecified atom stereocenters. The van der Waals surface area contributed by atoms with Crippen LogP contribution in [0, 0.1) is 5.41 Å². The molecule has 0 saturated carbocycles. The number of rotatable bonds is 5. The SMILES string of the molecule is CC(C)Oc1cccc(C(=O)C(C)(C)CN)c1. The standard InChI is InChI=1S/C14H21NO2/c1-10(2)17-12-7-5-6-11(8-12)13(16)14(3,4)9-15/h5-8,10H,9,15H2,1-4H3. The van der Waals surface area contributed by atoms with E-state index in [-0.39, 0.29) is 11.9 Å². The van der Waals surface area contributed by atoms with Gasteiger partial charge in [-0.1, -0.05) is 26.0 Å². The van der Waals surface area contributed by atoms with Crippen LogP contribution < -0.4 is 10.5 Å². The van der Waals surface area contributed by atoms with Gasteiger partial charge in [-0.05, 0) is 26.0 Å². The summed E-state index contributed by atoms with van der Waals surface area (Å²) < 4.78 is 5.57. The van der Waals surface area contributed by atoms with Crippen LogP contribution in [-0.2, 0) is 0 Å². The first-order chi connectivity index (χ1) is 7.86. The molecule has 1 aromatic rings. The summed E-state index contributed by atoms with van der Waals surface area (Å²) in [7, 11) is 0. The number of carbonyl (C=O) groups excluding carboxylic acids is 1. The minimum absolute atomic E-state index is 0.0502. The smallest absolute Gasteiger partial charge is 0.169 e. The van der Waals surface area contributed by atoms with Gasteiger partial charge in [0.15, 0.2) is 5.78 Å². The average Bonchev–Trinajstić information content (AvgIpc) is 2.27.